The fraction of sp³-hybridized carbons (Fsp3) is 0.167. The fourth-order valence-corrected chi connectivity index (χ4v) is 3.04. The van der Waals surface area contributed by atoms with Gasteiger partial charge in [0.1, 0.15) is 0 Å². The van der Waals surface area contributed by atoms with Gasteiger partial charge in [0.2, 0.25) is 5.91 Å². The van der Waals surface area contributed by atoms with Crippen LogP contribution in [0.4, 0.5) is 0 Å². The van der Waals surface area contributed by atoms with Gasteiger partial charge >= 0.3 is 0 Å². The van der Waals surface area contributed by atoms with Gasteiger partial charge in [0.25, 0.3) is 0 Å². The summed E-state index contributed by atoms with van der Waals surface area (Å²) in [6, 6.07) is 7.84. The van der Waals surface area contributed by atoms with Crippen molar-refractivity contribution in [3.8, 4) is 0 Å². The highest BCUT2D eigenvalue weighted by Gasteiger charge is 2.12. The van der Waals surface area contributed by atoms with Crippen molar-refractivity contribution in [2.75, 3.05) is 0 Å². The second-order valence-electron chi connectivity index (χ2n) is 3.60. The lowest BCUT2D eigenvalue weighted by atomic mass is 10.0. The largest absolute Gasteiger partial charge is 0.369 e. The van der Waals surface area contributed by atoms with Gasteiger partial charge in [-0.2, -0.15) is 0 Å². The van der Waals surface area contributed by atoms with E-state index in [1.807, 2.05) is 36.6 Å². The molecule has 0 aliphatic heterocycles. The quantitative estimate of drug-likeness (QED) is 0.923. The van der Waals surface area contributed by atoms with Crippen molar-refractivity contribution < 1.29 is 4.79 Å². The molecular formula is C12H12N2OS2. The van der Waals surface area contributed by atoms with E-state index < -0.39 is 0 Å². The molecule has 2 rings (SSSR count). The highest BCUT2D eigenvalue weighted by atomic mass is 32.2. The molecule has 2 aromatic rings. The summed E-state index contributed by atoms with van der Waals surface area (Å²) < 4.78 is 0.994. The number of nitrogens with two attached hydrogens (primary N) is 1. The van der Waals surface area contributed by atoms with E-state index in [2.05, 4.69) is 4.98 Å². The Balaban J connectivity index is 2.19. The van der Waals surface area contributed by atoms with E-state index in [4.69, 9.17) is 5.73 Å². The number of benzene rings is 1. The Morgan fingerprint density at radius 2 is 2.35 bits per heavy atom. The van der Waals surface area contributed by atoms with Crippen LogP contribution in [0.1, 0.15) is 18.4 Å². The first-order valence-electron chi connectivity index (χ1n) is 5.13. The molecule has 1 amide bonds. The lowest BCUT2D eigenvalue weighted by Gasteiger charge is -2.08. The number of nitrogens with zero attached hydrogens (tertiary/aromatic N) is 1. The zero-order chi connectivity index (χ0) is 12.3. The molecule has 1 aromatic carbocycles. The summed E-state index contributed by atoms with van der Waals surface area (Å²) in [5.41, 5.74) is 6.24. The molecule has 88 valence electrons. The number of hydrogen-bond donors (Lipinski definition) is 1. The van der Waals surface area contributed by atoms with E-state index in [1.54, 1.807) is 29.3 Å². The Kier molecular flexibility index (Phi) is 3.81. The first-order chi connectivity index (χ1) is 8.16. The van der Waals surface area contributed by atoms with Crippen molar-refractivity contribution in [3.63, 3.8) is 0 Å². The van der Waals surface area contributed by atoms with Crippen molar-refractivity contribution in [3.05, 3.63) is 41.4 Å². The van der Waals surface area contributed by atoms with Crippen molar-refractivity contribution in [1.29, 1.82) is 0 Å². The van der Waals surface area contributed by atoms with Crippen LogP contribution in [0.2, 0.25) is 0 Å². The predicted octanol–water partition coefficient (Wildman–Crippen LogP) is 2.88. The standard InChI is InChI=1S/C12H12N2OS2/c1-8(11(13)15)9-3-2-4-10(7-9)17-12-14-5-6-16-12/h2-8H,1H3,(H2,13,15). The van der Waals surface area contributed by atoms with Crippen LogP contribution in [0.3, 0.4) is 0 Å². The van der Waals surface area contributed by atoms with Gasteiger partial charge < -0.3 is 5.73 Å². The smallest absolute Gasteiger partial charge is 0.224 e. The molecule has 3 nitrogen and oxygen atoms in total. The Bertz CT molecular complexity index is 511. The lowest BCUT2D eigenvalue weighted by Crippen LogP contribution is -2.18. The molecule has 0 aliphatic rings. The van der Waals surface area contributed by atoms with Crippen LogP contribution in [-0.4, -0.2) is 10.9 Å². The molecule has 0 radical (unpaired) electrons. The molecule has 1 aromatic heterocycles. The molecule has 1 heterocycles. The summed E-state index contributed by atoms with van der Waals surface area (Å²) >= 11 is 3.19. The normalized spacial score (nSPS) is 12.3. The van der Waals surface area contributed by atoms with E-state index in [0.29, 0.717) is 0 Å². The summed E-state index contributed by atoms with van der Waals surface area (Å²) in [5.74, 6) is -0.562. The van der Waals surface area contributed by atoms with Crippen molar-refractivity contribution in [2.24, 2.45) is 5.73 Å². The fourth-order valence-electron chi connectivity index (χ4n) is 1.37. The first kappa shape index (κ1) is 12.1. The Morgan fingerprint density at radius 1 is 1.53 bits per heavy atom. The van der Waals surface area contributed by atoms with Crippen LogP contribution in [0.5, 0.6) is 0 Å². The molecular weight excluding hydrogens is 252 g/mol. The number of primary amides is 1. The Hall–Kier alpha value is -1.33. The molecule has 5 heteroatoms. The second kappa shape index (κ2) is 5.33. The van der Waals surface area contributed by atoms with Crippen LogP contribution in [0.15, 0.2) is 45.1 Å². The van der Waals surface area contributed by atoms with E-state index in [1.165, 1.54) is 0 Å². The van der Waals surface area contributed by atoms with Gasteiger partial charge in [-0.1, -0.05) is 23.9 Å². The van der Waals surface area contributed by atoms with Crippen LogP contribution in [-0.2, 0) is 4.79 Å². The highest BCUT2D eigenvalue weighted by Crippen LogP contribution is 2.30. The second-order valence-corrected chi connectivity index (χ2v) is 5.81. The van der Waals surface area contributed by atoms with Crippen molar-refractivity contribution in [2.45, 2.75) is 22.1 Å². The zero-order valence-electron chi connectivity index (χ0n) is 9.29. The van der Waals surface area contributed by atoms with Gasteiger partial charge in [-0.25, -0.2) is 4.98 Å². The molecule has 1 unspecified atom stereocenters. The minimum Gasteiger partial charge on any atom is -0.369 e. The number of thiazole rings is 1. The minimum absolute atomic E-state index is 0.258. The van der Waals surface area contributed by atoms with E-state index in [-0.39, 0.29) is 11.8 Å². The molecule has 0 saturated carbocycles. The van der Waals surface area contributed by atoms with E-state index >= 15 is 0 Å². The van der Waals surface area contributed by atoms with Crippen LogP contribution < -0.4 is 5.73 Å². The summed E-state index contributed by atoms with van der Waals surface area (Å²) in [6.45, 7) is 1.81. The average molecular weight is 264 g/mol. The average Bonchev–Trinajstić information content (AvgIpc) is 2.81. The van der Waals surface area contributed by atoms with E-state index in [9.17, 15) is 4.79 Å². The zero-order valence-corrected chi connectivity index (χ0v) is 10.9. The van der Waals surface area contributed by atoms with Crippen LogP contribution in [0, 0.1) is 0 Å². The van der Waals surface area contributed by atoms with Crippen LogP contribution >= 0.6 is 23.1 Å². The van der Waals surface area contributed by atoms with Gasteiger partial charge in [-0.3, -0.25) is 4.79 Å². The maximum atomic E-state index is 11.1. The number of hydrogen-bond acceptors (Lipinski definition) is 4. The number of amides is 1. The molecule has 0 fully saturated rings. The third-order valence-corrected chi connectivity index (χ3v) is 4.27. The lowest BCUT2D eigenvalue weighted by molar-refractivity contribution is -0.119. The molecule has 0 spiro atoms. The predicted molar refractivity (Wildman–Crippen MR) is 70.3 cm³/mol. The Labute approximate surface area is 108 Å². The van der Waals surface area contributed by atoms with Gasteiger partial charge in [-0.05, 0) is 24.6 Å². The van der Waals surface area contributed by atoms with Gasteiger partial charge in [0.05, 0.1) is 5.92 Å². The molecule has 0 aliphatic carbocycles. The summed E-state index contributed by atoms with van der Waals surface area (Å²) in [6.07, 6.45) is 1.78. The van der Waals surface area contributed by atoms with Gasteiger partial charge in [0.15, 0.2) is 4.34 Å². The maximum absolute atomic E-state index is 11.1. The minimum atomic E-state index is -0.304. The Morgan fingerprint density at radius 3 is 3.00 bits per heavy atom. The highest BCUT2D eigenvalue weighted by molar-refractivity contribution is 8.01. The number of rotatable bonds is 4. The van der Waals surface area contributed by atoms with Crippen molar-refractivity contribution in [1.82, 2.24) is 4.98 Å². The monoisotopic (exact) mass is 264 g/mol. The molecule has 0 bridgehead atoms. The number of aromatic nitrogens is 1. The number of carbonyl (C=O) groups excluding carboxylic acids is 1. The topological polar surface area (TPSA) is 56.0 Å². The van der Waals surface area contributed by atoms with E-state index in [0.717, 1.165) is 14.8 Å². The maximum Gasteiger partial charge on any atom is 0.224 e. The van der Waals surface area contributed by atoms with Crippen molar-refractivity contribution >= 4 is 29.0 Å². The summed E-state index contributed by atoms with van der Waals surface area (Å²) in [5, 5.41) is 1.94. The molecule has 17 heavy (non-hydrogen) atoms. The van der Waals surface area contributed by atoms with Crippen LogP contribution in [0.25, 0.3) is 0 Å². The SMILES string of the molecule is CC(C(N)=O)c1cccc(Sc2nccs2)c1. The third-order valence-electron chi connectivity index (χ3n) is 2.40. The summed E-state index contributed by atoms with van der Waals surface area (Å²) in [7, 11) is 0. The summed E-state index contributed by atoms with van der Waals surface area (Å²) in [4.78, 5) is 16.4. The first-order valence-corrected chi connectivity index (χ1v) is 6.83. The molecule has 0 saturated heterocycles. The number of carbonyl (C=O) groups is 1. The molecule has 1 atom stereocenters. The molecule has 2 N–H and O–H groups in total. The van der Waals surface area contributed by atoms with Gasteiger partial charge in [0, 0.05) is 16.5 Å². The third kappa shape index (κ3) is 3.08. The van der Waals surface area contributed by atoms with Gasteiger partial charge in [-0.15, -0.1) is 11.3 Å².